The number of anilines is 2. The number of nitrogens with one attached hydrogen (secondary N) is 1. The Kier molecular flexibility index (Phi) is 7.60. The fourth-order valence-electron chi connectivity index (χ4n) is 6.12. The summed E-state index contributed by atoms with van der Waals surface area (Å²) >= 11 is 0. The molecule has 4 heterocycles. The molecular weight excluding hydrogens is 588 g/mol. The number of piperidine rings is 1. The van der Waals surface area contributed by atoms with Gasteiger partial charge in [0.2, 0.25) is 0 Å². The van der Waals surface area contributed by atoms with Gasteiger partial charge in [-0.1, -0.05) is 60.7 Å². The van der Waals surface area contributed by atoms with E-state index in [0.717, 1.165) is 18.3 Å². The molecule has 4 aromatic rings. The number of alkyl halides is 6. The number of hydrogen-bond donors (Lipinski definition) is 2. The maximum atomic E-state index is 14.6. The molecule has 2 aromatic heterocycles. The molecule has 44 heavy (non-hydrogen) atoms. The highest BCUT2D eigenvalue weighted by molar-refractivity contribution is 5.97. The molecule has 0 bridgehead atoms. The van der Waals surface area contributed by atoms with Crippen LogP contribution in [0.1, 0.15) is 58.7 Å². The molecule has 2 N–H and O–H groups in total. The molecule has 7 nitrogen and oxygen atoms in total. The number of halogens is 6. The van der Waals surface area contributed by atoms with Crippen LogP contribution in [0, 0.1) is 0 Å². The Morgan fingerprint density at radius 3 is 2.02 bits per heavy atom. The Balaban J connectivity index is 1.44. The number of carbonyl (C=O) groups excluding carboxylic acids is 1. The Bertz CT molecular complexity index is 1590. The number of nitrogens with zero attached hydrogens (tertiary/aromatic N) is 4. The number of pyridine rings is 1. The van der Waals surface area contributed by atoms with E-state index in [9.17, 15) is 36.2 Å². The third-order valence-electron chi connectivity index (χ3n) is 8.22. The van der Waals surface area contributed by atoms with E-state index in [4.69, 9.17) is 5.10 Å². The van der Waals surface area contributed by atoms with E-state index in [-0.39, 0.29) is 48.8 Å². The first-order valence-corrected chi connectivity index (χ1v) is 14.0. The van der Waals surface area contributed by atoms with Crippen molar-refractivity contribution >= 4 is 17.5 Å². The highest BCUT2D eigenvalue weighted by Crippen LogP contribution is 2.49. The first kappa shape index (κ1) is 29.7. The number of aromatic nitrogens is 3. The SMILES string of the molecule is O=C1Nc2c(c(C3CCN(c4cc(C(F)(F)F)ccn4)CC3)nn2C(c2ccccc2)c2ccccc2)[C@@H](C(F)(F)F)[C@H]1O. The van der Waals surface area contributed by atoms with E-state index < -0.39 is 47.8 Å². The van der Waals surface area contributed by atoms with E-state index in [1.165, 1.54) is 4.68 Å². The third-order valence-corrected chi connectivity index (χ3v) is 8.22. The first-order valence-electron chi connectivity index (χ1n) is 14.0. The maximum Gasteiger partial charge on any atom is 0.416 e. The van der Waals surface area contributed by atoms with Crippen molar-refractivity contribution in [2.75, 3.05) is 23.3 Å². The predicted molar refractivity (Wildman–Crippen MR) is 149 cm³/mol. The van der Waals surface area contributed by atoms with Gasteiger partial charge in [0, 0.05) is 30.8 Å². The van der Waals surface area contributed by atoms with Crippen LogP contribution in [0.3, 0.4) is 0 Å². The normalized spacial score (nSPS) is 19.6. The molecule has 0 spiro atoms. The highest BCUT2D eigenvalue weighted by atomic mass is 19.4. The topological polar surface area (TPSA) is 83.3 Å². The molecule has 1 amide bonds. The fraction of sp³-hybridized carbons (Fsp3) is 0.323. The summed E-state index contributed by atoms with van der Waals surface area (Å²) in [5, 5.41) is 17.8. The zero-order valence-electron chi connectivity index (χ0n) is 23.1. The molecular formula is C31H27F6N5O2. The second kappa shape index (κ2) is 11.3. The van der Waals surface area contributed by atoms with Crippen molar-refractivity contribution < 1.29 is 36.2 Å². The largest absolute Gasteiger partial charge is 0.416 e. The number of rotatable bonds is 5. The Hall–Kier alpha value is -4.39. The minimum Gasteiger partial charge on any atom is -0.382 e. The van der Waals surface area contributed by atoms with E-state index in [0.29, 0.717) is 11.1 Å². The molecule has 230 valence electrons. The van der Waals surface area contributed by atoms with Gasteiger partial charge in [-0.25, -0.2) is 9.67 Å². The molecule has 1 saturated heterocycles. The summed E-state index contributed by atoms with van der Waals surface area (Å²) in [6, 6.07) is 19.1. The number of aliphatic hydroxyl groups excluding tert-OH is 1. The van der Waals surface area contributed by atoms with Crippen molar-refractivity contribution in [3.05, 3.63) is 107 Å². The van der Waals surface area contributed by atoms with Crippen LogP contribution in [0.5, 0.6) is 0 Å². The summed E-state index contributed by atoms with van der Waals surface area (Å²) in [5.74, 6) is -4.25. The van der Waals surface area contributed by atoms with Gasteiger partial charge in [-0.3, -0.25) is 4.79 Å². The lowest BCUT2D eigenvalue weighted by molar-refractivity contribution is -0.177. The number of benzene rings is 2. The van der Waals surface area contributed by atoms with Crippen LogP contribution in [0.15, 0.2) is 79.0 Å². The van der Waals surface area contributed by atoms with Gasteiger partial charge in [0.15, 0.2) is 0 Å². The average molecular weight is 616 g/mol. The molecule has 2 aromatic carbocycles. The minimum atomic E-state index is -4.97. The van der Waals surface area contributed by atoms with Gasteiger partial charge in [0.05, 0.1) is 11.3 Å². The van der Waals surface area contributed by atoms with Gasteiger partial charge in [0.1, 0.15) is 29.7 Å². The summed E-state index contributed by atoms with van der Waals surface area (Å²) in [6.45, 7) is 0.431. The standard InChI is InChI=1S/C31H27F6N5O2/c32-30(33,34)21-11-14-38-22(17-21)41-15-12-18(13-16-41)25-23-24(31(35,36)37)27(43)29(44)39-28(23)42(40-25)26(19-7-3-1-4-8-19)20-9-5-2-6-10-20/h1-11,14,17-18,24,26-27,43H,12-13,15-16H2,(H,39,44)/t24-,27-/m1/s1. The van der Waals surface area contributed by atoms with Crippen LogP contribution in [-0.2, 0) is 11.0 Å². The number of fused-ring (bicyclic) bond motifs is 1. The van der Waals surface area contributed by atoms with Gasteiger partial charge in [0.25, 0.3) is 5.91 Å². The van der Waals surface area contributed by atoms with Gasteiger partial charge >= 0.3 is 12.4 Å². The van der Waals surface area contributed by atoms with Crippen molar-refractivity contribution in [3.8, 4) is 0 Å². The van der Waals surface area contributed by atoms with Crippen LogP contribution in [0.4, 0.5) is 38.0 Å². The molecule has 2 atom stereocenters. The van der Waals surface area contributed by atoms with E-state index >= 15 is 0 Å². The molecule has 6 rings (SSSR count). The zero-order chi connectivity index (χ0) is 31.2. The first-order chi connectivity index (χ1) is 20.9. The fourth-order valence-corrected chi connectivity index (χ4v) is 6.12. The number of hydrogen-bond acceptors (Lipinski definition) is 5. The summed E-state index contributed by atoms with van der Waals surface area (Å²) in [6.07, 6.45) is -10.3. The van der Waals surface area contributed by atoms with E-state index in [2.05, 4.69) is 10.3 Å². The van der Waals surface area contributed by atoms with Crippen molar-refractivity contribution in [1.82, 2.24) is 14.8 Å². The monoisotopic (exact) mass is 615 g/mol. The summed E-state index contributed by atoms with van der Waals surface area (Å²) < 4.78 is 85.0. The molecule has 0 aliphatic carbocycles. The quantitative estimate of drug-likeness (QED) is 0.259. The van der Waals surface area contributed by atoms with Crippen molar-refractivity contribution in [2.45, 2.75) is 49.2 Å². The Morgan fingerprint density at radius 2 is 1.48 bits per heavy atom. The second-order valence-corrected chi connectivity index (χ2v) is 10.9. The molecule has 0 saturated carbocycles. The average Bonchev–Trinajstić information content (AvgIpc) is 3.35. The summed E-state index contributed by atoms with van der Waals surface area (Å²) in [4.78, 5) is 18.5. The number of amides is 1. The summed E-state index contributed by atoms with van der Waals surface area (Å²) in [7, 11) is 0. The molecule has 2 aliphatic heterocycles. The van der Waals surface area contributed by atoms with E-state index in [1.807, 2.05) is 24.3 Å². The summed E-state index contributed by atoms with van der Waals surface area (Å²) in [5.41, 5.74) is 0.380. The molecule has 0 unspecified atom stereocenters. The van der Waals surface area contributed by atoms with E-state index in [1.54, 1.807) is 41.3 Å². The van der Waals surface area contributed by atoms with Gasteiger partial charge in [-0.2, -0.15) is 31.4 Å². The number of aliphatic hydroxyl groups is 1. The molecule has 0 radical (unpaired) electrons. The second-order valence-electron chi connectivity index (χ2n) is 10.9. The van der Waals surface area contributed by atoms with Gasteiger partial charge in [-0.15, -0.1) is 0 Å². The highest BCUT2D eigenvalue weighted by Gasteiger charge is 2.55. The number of carbonyl (C=O) groups is 1. The third kappa shape index (κ3) is 5.51. The Labute approximate surface area is 248 Å². The molecule has 13 heteroatoms. The lowest BCUT2D eigenvalue weighted by Gasteiger charge is -2.34. The maximum absolute atomic E-state index is 14.6. The van der Waals surface area contributed by atoms with Crippen LogP contribution in [-0.4, -0.2) is 51.1 Å². The van der Waals surface area contributed by atoms with Crippen LogP contribution < -0.4 is 10.2 Å². The minimum absolute atomic E-state index is 0.0925. The smallest absolute Gasteiger partial charge is 0.382 e. The van der Waals surface area contributed by atoms with Crippen LogP contribution in [0.25, 0.3) is 0 Å². The van der Waals surface area contributed by atoms with Crippen LogP contribution >= 0.6 is 0 Å². The Morgan fingerprint density at radius 1 is 0.886 bits per heavy atom. The van der Waals surface area contributed by atoms with Gasteiger partial charge < -0.3 is 15.3 Å². The van der Waals surface area contributed by atoms with Crippen molar-refractivity contribution in [3.63, 3.8) is 0 Å². The van der Waals surface area contributed by atoms with Crippen LogP contribution in [0.2, 0.25) is 0 Å². The zero-order valence-corrected chi connectivity index (χ0v) is 23.1. The molecule has 1 fully saturated rings. The van der Waals surface area contributed by atoms with Gasteiger partial charge in [-0.05, 0) is 36.1 Å². The lowest BCUT2D eigenvalue weighted by atomic mass is 9.82. The van der Waals surface area contributed by atoms with Crippen molar-refractivity contribution in [2.24, 2.45) is 0 Å². The van der Waals surface area contributed by atoms with Crippen molar-refractivity contribution in [1.29, 1.82) is 0 Å². The lowest BCUT2D eigenvalue weighted by Crippen LogP contribution is -2.45. The molecule has 2 aliphatic rings. The predicted octanol–water partition coefficient (Wildman–Crippen LogP) is 6.28.